The maximum Gasteiger partial charge on any atom is 0.338 e. The number of halogens is 1. The van der Waals surface area contributed by atoms with E-state index in [0.29, 0.717) is 17.9 Å². The highest BCUT2D eigenvalue weighted by Crippen LogP contribution is 2.22. The van der Waals surface area contributed by atoms with Gasteiger partial charge in [-0.25, -0.2) is 13.2 Å². The Balaban J connectivity index is 2.96. The van der Waals surface area contributed by atoms with E-state index in [9.17, 15) is 18.0 Å². The van der Waals surface area contributed by atoms with Crippen LogP contribution < -0.4 is 5.32 Å². The standard InChI is InChI=1S/C21H31ClN2O4S/c1-4-6-7-8-9-10-11-17(3)20(25)24(21(26)23-16-5-2)29(27,28)19-14-12-18(22)13-15-19/h12-15H,3-11,16H2,1-2H3,(H,23,26). The summed E-state index contributed by atoms with van der Waals surface area (Å²) in [6.07, 6.45) is 7.11. The molecule has 0 fully saturated rings. The lowest BCUT2D eigenvalue weighted by atomic mass is 10.1. The fourth-order valence-corrected chi connectivity index (χ4v) is 4.14. The zero-order chi connectivity index (χ0) is 21.9. The molecular weight excluding hydrogens is 412 g/mol. The molecule has 0 saturated carbocycles. The quantitative estimate of drug-likeness (QED) is 0.352. The third kappa shape index (κ3) is 7.82. The summed E-state index contributed by atoms with van der Waals surface area (Å²) < 4.78 is 26.3. The highest BCUT2D eigenvalue weighted by molar-refractivity contribution is 7.90. The van der Waals surface area contributed by atoms with Crippen molar-refractivity contribution in [3.05, 3.63) is 41.4 Å². The van der Waals surface area contributed by atoms with E-state index >= 15 is 0 Å². The SMILES string of the molecule is C=C(CCCCCCCC)C(=O)N(C(=O)NCCC)S(=O)(=O)c1ccc(Cl)cc1. The Labute approximate surface area is 179 Å². The number of carbonyl (C=O) groups is 2. The number of benzene rings is 1. The fourth-order valence-electron chi connectivity index (χ4n) is 2.70. The maximum atomic E-state index is 13.0. The van der Waals surface area contributed by atoms with Crippen LogP contribution in [0.25, 0.3) is 0 Å². The average molecular weight is 443 g/mol. The van der Waals surface area contributed by atoms with Gasteiger partial charge in [-0.15, -0.1) is 4.31 Å². The molecule has 1 aromatic rings. The van der Waals surface area contributed by atoms with Crippen LogP contribution in [0.1, 0.15) is 65.2 Å². The summed E-state index contributed by atoms with van der Waals surface area (Å²) in [6.45, 7) is 7.96. The van der Waals surface area contributed by atoms with Gasteiger partial charge in [0.25, 0.3) is 15.9 Å². The van der Waals surface area contributed by atoms with E-state index in [1.54, 1.807) is 0 Å². The van der Waals surface area contributed by atoms with E-state index in [0.717, 1.165) is 32.1 Å². The van der Waals surface area contributed by atoms with Gasteiger partial charge in [-0.1, -0.05) is 64.1 Å². The van der Waals surface area contributed by atoms with Crippen LogP contribution >= 0.6 is 11.6 Å². The Morgan fingerprint density at radius 3 is 2.17 bits per heavy atom. The number of hydrogen-bond acceptors (Lipinski definition) is 4. The number of sulfonamides is 1. The van der Waals surface area contributed by atoms with E-state index in [4.69, 9.17) is 11.6 Å². The van der Waals surface area contributed by atoms with Gasteiger partial charge in [0.05, 0.1) is 4.90 Å². The van der Waals surface area contributed by atoms with Crippen LogP contribution in [0.15, 0.2) is 41.3 Å². The first kappa shape index (κ1) is 25.2. The Bertz CT molecular complexity index is 791. The van der Waals surface area contributed by atoms with Crippen LogP contribution in [0.3, 0.4) is 0 Å². The van der Waals surface area contributed by atoms with Crippen molar-refractivity contribution in [2.45, 2.75) is 70.1 Å². The van der Waals surface area contributed by atoms with E-state index in [1.165, 1.54) is 30.7 Å². The summed E-state index contributed by atoms with van der Waals surface area (Å²) in [5.74, 6) is -0.901. The van der Waals surface area contributed by atoms with Crippen LogP contribution in [0.2, 0.25) is 5.02 Å². The predicted octanol–water partition coefficient (Wildman–Crippen LogP) is 5.28. The van der Waals surface area contributed by atoms with Crippen molar-refractivity contribution in [2.75, 3.05) is 6.54 Å². The van der Waals surface area contributed by atoms with Gasteiger partial charge in [0.2, 0.25) is 0 Å². The lowest BCUT2D eigenvalue weighted by molar-refractivity contribution is -0.120. The van der Waals surface area contributed by atoms with Crippen molar-refractivity contribution < 1.29 is 18.0 Å². The first-order valence-corrected chi connectivity index (χ1v) is 11.9. The molecule has 0 aliphatic rings. The average Bonchev–Trinajstić information content (AvgIpc) is 2.69. The molecule has 0 aromatic heterocycles. The monoisotopic (exact) mass is 442 g/mol. The summed E-state index contributed by atoms with van der Waals surface area (Å²) in [7, 11) is -4.38. The summed E-state index contributed by atoms with van der Waals surface area (Å²) in [5, 5.41) is 2.82. The molecule has 162 valence electrons. The number of nitrogens with one attached hydrogen (secondary N) is 1. The predicted molar refractivity (Wildman–Crippen MR) is 116 cm³/mol. The van der Waals surface area contributed by atoms with Crippen LogP contribution in [0, 0.1) is 0 Å². The van der Waals surface area contributed by atoms with Crippen molar-refractivity contribution in [2.24, 2.45) is 0 Å². The molecule has 0 bridgehead atoms. The Morgan fingerprint density at radius 2 is 1.59 bits per heavy atom. The van der Waals surface area contributed by atoms with Crippen LogP contribution in [-0.2, 0) is 14.8 Å². The number of carbonyl (C=O) groups excluding carboxylic acids is 2. The highest BCUT2D eigenvalue weighted by Gasteiger charge is 2.36. The van der Waals surface area contributed by atoms with Gasteiger partial charge in [0.1, 0.15) is 0 Å². The minimum Gasteiger partial charge on any atom is -0.337 e. The van der Waals surface area contributed by atoms with Crippen LogP contribution in [0.4, 0.5) is 4.79 Å². The Kier molecular flexibility index (Phi) is 11.0. The van der Waals surface area contributed by atoms with Gasteiger partial charge in [0, 0.05) is 17.1 Å². The highest BCUT2D eigenvalue weighted by atomic mass is 35.5. The molecular formula is C21H31ClN2O4S. The van der Waals surface area contributed by atoms with Crippen molar-refractivity contribution in [3.8, 4) is 0 Å². The molecule has 0 saturated heterocycles. The van der Waals surface area contributed by atoms with E-state index in [1.807, 2.05) is 6.92 Å². The first-order chi connectivity index (χ1) is 13.8. The molecule has 1 rings (SSSR count). The molecule has 8 heteroatoms. The lowest BCUT2D eigenvalue weighted by Crippen LogP contribution is -2.48. The number of amides is 3. The van der Waals surface area contributed by atoms with E-state index in [-0.39, 0.29) is 21.3 Å². The topological polar surface area (TPSA) is 83.6 Å². The third-order valence-electron chi connectivity index (χ3n) is 4.38. The minimum atomic E-state index is -4.38. The molecule has 1 aromatic carbocycles. The zero-order valence-electron chi connectivity index (χ0n) is 17.2. The Morgan fingerprint density at radius 1 is 1.00 bits per heavy atom. The van der Waals surface area contributed by atoms with Crippen LogP contribution in [0.5, 0.6) is 0 Å². The number of nitrogens with zero attached hydrogens (tertiary/aromatic N) is 1. The molecule has 0 heterocycles. The van der Waals surface area contributed by atoms with Crippen molar-refractivity contribution in [1.82, 2.24) is 9.62 Å². The van der Waals surface area contributed by atoms with Gasteiger partial charge in [-0.05, 0) is 43.5 Å². The third-order valence-corrected chi connectivity index (χ3v) is 6.31. The molecule has 0 aliphatic carbocycles. The summed E-state index contributed by atoms with van der Waals surface area (Å²) in [4.78, 5) is 25.2. The molecule has 29 heavy (non-hydrogen) atoms. The number of unbranched alkanes of at least 4 members (excludes halogenated alkanes) is 5. The van der Waals surface area contributed by atoms with Crippen molar-refractivity contribution in [1.29, 1.82) is 0 Å². The summed E-state index contributed by atoms with van der Waals surface area (Å²) in [5.41, 5.74) is 0.102. The largest absolute Gasteiger partial charge is 0.338 e. The van der Waals surface area contributed by atoms with Crippen molar-refractivity contribution in [3.63, 3.8) is 0 Å². The second-order valence-corrected chi connectivity index (χ2v) is 9.10. The minimum absolute atomic E-state index is 0.102. The second kappa shape index (κ2) is 12.6. The van der Waals surface area contributed by atoms with Gasteiger partial charge in [0.15, 0.2) is 0 Å². The van der Waals surface area contributed by atoms with Gasteiger partial charge in [-0.2, -0.15) is 0 Å². The number of rotatable bonds is 12. The van der Waals surface area contributed by atoms with Crippen LogP contribution in [-0.4, -0.2) is 31.2 Å². The smallest absolute Gasteiger partial charge is 0.337 e. The molecule has 1 N–H and O–H groups in total. The zero-order valence-corrected chi connectivity index (χ0v) is 18.8. The molecule has 0 aliphatic heterocycles. The van der Waals surface area contributed by atoms with E-state index in [2.05, 4.69) is 18.8 Å². The number of urea groups is 1. The lowest BCUT2D eigenvalue weighted by Gasteiger charge is -2.22. The molecule has 0 radical (unpaired) electrons. The molecule has 0 spiro atoms. The van der Waals surface area contributed by atoms with Gasteiger partial charge >= 0.3 is 6.03 Å². The van der Waals surface area contributed by atoms with E-state index < -0.39 is 22.0 Å². The summed E-state index contributed by atoms with van der Waals surface area (Å²) >= 11 is 5.82. The van der Waals surface area contributed by atoms with Gasteiger partial charge in [-0.3, -0.25) is 4.79 Å². The van der Waals surface area contributed by atoms with Gasteiger partial charge < -0.3 is 5.32 Å². The molecule has 0 atom stereocenters. The maximum absolute atomic E-state index is 13.0. The molecule has 0 unspecified atom stereocenters. The Hall–Kier alpha value is -1.86. The first-order valence-electron chi connectivity index (χ1n) is 10.1. The number of hydrogen-bond donors (Lipinski definition) is 1. The number of imide groups is 1. The summed E-state index contributed by atoms with van der Waals surface area (Å²) in [6, 6.07) is 4.34. The van der Waals surface area contributed by atoms with Crippen molar-refractivity contribution >= 4 is 33.6 Å². The fraction of sp³-hybridized carbons (Fsp3) is 0.524. The second-order valence-electron chi connectivity index (χ2n) is 6.88. The molecule has 6 nitrogen and oxygen atoms in total. The normalized spacial score (nSPS) is 11.1. The molecule has 3 amide bonds.